The summed E-state index contributed by atoms with van der Waals surface area (Å²) >= 11 is 1.42. The average Bonchev–Trinajstić information content (AvgIpc) is 2.87. The molecule has 6 heteroatoms. The van der Waals surface area contributed by atoms with Gasteiger partial charge in [-0.3, -0.25) is 15.1 Å². The van der Waals surface area contributed by atoms with Crippen LogP contribution in [-0.4, -0.2) is 22.9 Å². The quantitative estimate of drug-likeness (QED) is 0.901. The van der Waals surface area contributed by atoms with E-state index in [4.69, 9.17) is 0 Å². The van der Waals surface area contributed by atoms with Crippen molar-refractivity contribution >= 4 is 28.1 Å². The van der Waals surface area contributed by atoms with Crippen LogP contribution in [0.15, 0.2) is 23.7 Å². The molecule has 0 spiro atoms. The molecule has 2 heterocycles. The second-order valence-corrected chi connectivity index (χ2v) is 5.22. The first-order valence-corrected chi connectivity index (χ1v) is 6.88. The van der Waals surface area contributed by atoms with Crippen LogP contribution in [0.25, 0.3) is 0 Å². The molecule has 19 heavy (non-hydrogen) atoms. The Bertz CT molecular complexity index is 580. The molecular weight excluding hydrogens is 260 g/mol. The van der Waals surface area contributed by atoms with E-state index in [1.807, 2.05) is 5.38 Å². The van der Waals surface area contributed by atoms with Crippen molar-refractivity contribution in [1.82, 2.24) is 9.97 Å². The van der Waals surface area contributed by atoms with Gasteiger partial charge in [0.25, 0.3) is 5.91 Å². The van der Waals surface area contributed by atoms with Gasteiger partial charge in [-0.05, 0) is 18.1 Å². The molecule has 0 bridgehead atoms. The van der Waals surface area contributed by atoms with Gasteiger partial charge < -0.3 is 5.32 Å². The Hall–Kier alpha value is -1.95. The number of carbonyl (C=O) groups excluding carboxylic acids is 1. The van der Waals surface area contributed by atoms with Crippen molar-refractivity contribution in [1.29, 1.82) is 0 Å². The number of hydrogen-bond acceptors (Lipinski definition) is 5. The van der Waals surface area contributed by atoms with Crippen LogP contribution < -0.4 is 10.6 Å². The number of rotatable bonds is 4. The molecule has 5 nitrogen and oxygen atoms in total. The zero-order valence-corrected chi connectivity index (χ0v) is 11.9. The number of carbonyl (C=O) groups is 1. The number of hydrogen-bond donors (Lipinski definition) is 2. The Morgan fingerprint density at radius 3 is 2.84 bits per heavy atom. The maximum atomic E-state index is 12.0. The second-order valence-electron chi connectivity index (χ2n) is 4.37. The van der Waals surface area contributed by atoms with Gasteiger partial charge >= 0.3 is 0 Å². The molecule has 0 saturated carbocycles. The minimum Gasteiger partial charge on any atom is -0.388 e. The first kappa shape index (κ1) is 13.5. The van der Waals surface area contributed by atoms with E-state index in [1.165, 1.54) is 11.3 Å². The molecule has 1 amide bonds. The topological polar surface area (TPSA) is 66.9 Å². The van der Waals surface area contributed by atoms with Crippen molar-refractivity contribution in [3.8, 4) is 0 Å². The van der Waals surface area contributed by atoms with Crippen LogP contribution in [0.5, 0.6) is 0 Å². The summed E-state index contributed by atoms with van der Waals surface area (Å²) in [6.45, 7) is 4.14. The molecule has 0 atom stereocenters. The number of thiazole rings is 1. The zero-order valence-electron chi connectivity index (χ0n) is 11.1. The minimum absolute atomic E-state index is 0.248. The maximum absolute atomic E-state index is 12.0. The molecule has 0 fully saturated rings. The van der Waals surface area contributed by atoms with Gasteiger partial charge in [-0.2, -0.15) is 0 Å². The molecule has 2 N–H and O–H groups in total. The first-order valence-electron chi connectivity index (χ1n) is 6.00. The van der Waals surface area contributed by atoms with Gasteiger partial charge in [0, 0.05) is 24.3 Å². The van der Waals surface area contributed by atoms with Crippen molar-refractivity contribution < 1.29 is 4.79 Å². The van der Waals surface area contributed by atoms with Crippen LogP contribution in [0.3, 0.4) is 0 Å². The number of aromatic nitrogens is 2. The Labute approximate surface area is 116 Å². The largest absolute Gasteiger partial charge is 0.388 e. The summed E-state index contributed by atoms with van der Waals surface area (Å²) in [7, 11) is 1.80. The highest BCUT2D eigenvalue weighted by Gasteiger charge is 2.11. The lowest BCUT2D eigenvalue weighted by Crippen LogP contribution is -2.13. The number of amides is 1. The summed E-state index contributed by atoms with van der Waals surface area (Å²) in [6.07, 6.45) is 1.60. The lowest BCUT2D eigenvalue weighted by Gasteiger charge is -2.03. The number of nitrogens with zero attached hydrogens (tertiary/aromatic N) is 2. The molecule has 0 unspecified atom stereocenters. The summed E-state index contributed by atoms with van der Waals surface area (Å²) in [5.74, 6) is 0.106. The maximum Gasteiger partial charge on any atom is 0.276 e. The van der Waals surface area contributed by atoms with Gasteiger partial charge in [-0.25, -0.2) is 4.98 Å². The van der Waals surface area contributed by atoms with E-state index in [0.29, 0.717) is 16.7 Å². The van der Waals surface area contributed by atoms with E-state index in [-0.39, 0.29) is 5.91 Å². The van der Waals surface area contributed by atoms with Crippen molar-refractivity contribution in [3.05, 3.63) is 35.1 Å². The third kappa shape index (κ3) is 3.29. The van der Waals surface area contributed by atoms with Gasteiger partial charge in [0.15, 0.2) is 5.13 Å². The average molecular weight is 276 g/mol. The molecule has 100 valence electrons. The van der Waals surface area contributed by atoms with Crippen molar-refractivity contribution in [2.24, 2.45) is 0 Å². The Morgan fingerprint density at radius 1 is 1.42 bits per heavy atom. The summed E-state index contributed by atoms with van der Waals surface area (Å²) in [6, 6.07) is 3.50. The number of anilines is 2. The molecule has 2 rings (SSSR count). The van der Waals surface area contributed by atoms with Gasteiger partial charge in [0.1, 0.15) is 5.69 Å². The van der Waals surface area contributed by atoms with Crippen molar-refractivity contribution in [3.63, 3.8) is 0 Å². The van der Waals surface area contributed by atoms with Crippen molar-refractivity contribution in [2.45, 2.75) is 19.8 Å². The van der Waals surface area contributed by atoms with E-state index in [9.17, 15) is 4.79 Å². The van der Waals surface area contributed by atoms with Crippen LogP contribution >= 0.6 is 11.3 Å². The van der Waals surface area contributed by atoms with Gasteiger partial charge in [-0.15, -0.1) is 11.3 Å². The fraction of sp³-hybridized carbons (Fsp3) is 0.308. The standard InChI is InChI=1S/C13H16N4OS/c1-8(2)11-7-19-13(16-11)17-12(18)10-6-9(14-3)4-5-15-10/h4-8H,1-3H3,(H,14,15)(H,16,17,18). The predicted octanol–water partition coefficient (Wildman–Crippen LogP) is 2.96. The van der Waals surface area contributed by atoms with E-state index < -0.39 is 0 Å². The Balaban J connectivity index is 2.11. The van der Waals surface area contributed by atoms with Crippen LogP contribution in [0.1, 0.15) is 35.9 Å². The highest BCUT2D eigenvalue weighted by molar-refractivity contribution is 7.14. The molecule has 0 aliphatic heterocycles. The number of nitrogens with one attached hydrogen (secondary N) is 2. The van der Waals surface area contributed by atoms with Crippen LogP contribution in [0, 0.1) is 0 Å². The lowest BCUT2D eigenvalue weighted by molar-refractivity contribution is 0.102. The van der Waals surface area contributed by atoms with E-state index >= 15 is 0 Å². The molecular formula is C13H16N4OS. The monoisotopic (exact) mass is 276 g/mol. The van der Waals surface area contributed by atoms with Gasteiger partial charge in [0.05, 0.1) is 5.69 Å². The first-order chi connectivity index (χ1) is 9.10. The van der Waals surface area contributed by atoms with Crippen LogP contribution in [-0.2, 0) is 0 Å². The van der Waals surface area contributed by atoms with Gasteiger partial charge in [0.2, 0.25) is 0 Å². The lowest BCUT2D eigenvalue weighted by atomic mass is 10.2. The normalized spacial score (nSPS) is 10.5. The summed E-state index contributed by atoms with van der Waals surface area (Å²) < 4.78 is 0. The number of pyridine rings is 1. The van der Waals surface area contributed by atoms with E-state index in [2.05, 4.69) is 34.4 Å². The molecule has 0 aromatic carbocycles. The minimum atomic E-state index is -0.248. The molecule has 0 aliphatic carbocycles. The fourth-order valence-corrected chi connectivity index (χ4v) is 2.35. The third-order valence-electron chi connectivity index (χ3n) is 2.62. The highest BCUT2D eigenvalue weighted by atomic mass is 32.1. The Kier molecular flexibility index (Phi) is 4.11. The molecule has 0 saturated heterocycles. The molecule has 2 aromatic rings. The fourth-order valence-electron chi connectivity index (χ4n) is 1.48. The third-order valence-corrected chi connectivity index (χ3v) is 3.39. The Morgan fingerprint density at radius 2 is 2.21 bits per heavy atom. The van der Waals surface area contributed by atoms with Crippen LogP contribution in [0.2, 0.25) is 0 Å². The summed E-state index contributed by atoms with van der Waals surface area (Å²) in [5, 5.41) is 8.29. The molecule has 2 aromatic heterocycles. The molecule has 0 aliphatic rings. The SMILES string of the molecule is CNc1ccnc(C(=O)Nc2nc(C(C)C)cs2)c1. The smallest absolute Gasteiger partial charge is 0.276 e. The summed E-state index contributed by atoms with van der Waals surface area (Å²) in [5.41, 5.74) is 2.20. The predicted molar refractivity (Wildman–Crippen MR) is 77.9 cm³/mol. The van der Waals surface area contributed by atoms with E-state index in [1.54, 1.807) is 25.4 Å². The summed E-state index contributed by atoms with van der Waals surface area (Å²) in [4.78, 5) is 20.4. The molecule has 0 radical (unpaired) electrons. The van der Waals surface area contributed by atoms with E-state index in [0.717, 1.165) is 11.4 Å². The highest BCUT2D eigenvalue weighted by Crippen LogP contribution is 2.21. The van der Waals surface area contributed by atoms with Crippen molar-refractivity contribution in [2.75, 3.05) is 17.7 Å². The van der Waals surface area contributed by atoms with Crippen LogP contribution in [0.4, 0.5) is 10.8 Å². The second kappa shape index (κ2) is 5.79. The van der Waals surface area contributed by atoms with Gasteiger partial charge in [-0.1, -0.05) is 13.8 Å². The zero-order chi connectivity index (χ0) is 13.8.